The minimum absolute atomic E-state index is 0.0145. The number of rotatable bonds is 6. The summed E-state index contributed by atoms with van der Waals surface area (Å²) in [6.45, 7) is 5.24. The number of halogens is 3. The van der Waals surface area contributed by atoms with Gasteiger partial charge in [-0.25, -0.2) is 0 Å². The molecule has 2 aromatic heterocycles. The monoisotopic (exact) mass is 471 g/mol. The summed E-state index contributed by atoms with van der Waals surface area (Å²) >= 11 is 0. The first-order valence-corrected chi connectivity index (χ1v) is 11.2. The topological polar surface area (TPSA) is 63.0 Å². The number of aromatic nitrogens is 1. The SMILES string of the molecule is CCC(=O)N1CCOC(Cc2c(-c3c(F)cc(NC(C)=O)cc3F)bc3cc(CF)ccn23)C1. The molecule has 1 N–H and O–H groups in total. The van der Waals surface area contributed by atoms with Crippen LogP contribution < -0.4 is 5.32 Å². The molecule has 1 aromatic carbocycles. The number of morpholine rings is 1. The van der Waals surface area contributed by atoms with E-state index >= 15 is 8.78 Å². The van der Waals surface area contributed by atoms with Crippen molar-refractivity contribution < 1.29 is 27.5 Å². The standard InChI is InChI=1S/C24H25BF3N3O3/c1-3-22(33)30-6-7-34-17(13-30)11-20-24(25-21-8-15(12-26)4-5-31(20)21)23-18(27)9-16(10-19(23)28)29-14(2)32/h4-5,8-10,17H,3,6-7,11-13H2,1-2H3,(H,29,32). The summed E-state index contributed by atoms with van der Waals surface area (Å²) in [4.78, 5) is 25.2. The van der Waals surface area contributed by atoms with Gasteiger partial charge in [-0.2, -0.15) is 0 Å². The molecule has 4 rings (SSSR count). The van der Waals surface area contributed by atoms with Crippen LogP contribution in [0.15, 0.2) is 30.5 Å². The number of pyridine rings is 1. The first-order valence-electron chi connectivity index (χ1n) is 11.2. The van der Waals surface area contributed by atoms with Crippen LogP contribution in [0, 0.1) is 11.6 Å². The van der Waals surface area contributed by atoms with Gasteiger partial charge in [-0.15, -0.1) is 0 Å². The van der Waals surface area contributed by atoms with E-state index in [9.17, 15) is 14.0 Å². The molecule has 1 saturated heterocycles. The molecule has 6 nitrogen and oxygen atoms in total. The maximum absolute atomic E-state index is 15.1. The molecule has 0 saturated carbocycles. The Balaban J connectivity index is 1.79. The molecule has 3 heterocycles. The number of carbonyl (C=O) groups is 2. The molecule has 0 spiro atoms. The first kappa shape index (κ1) is 24.0. The van der Waals surface area contributed by atoms with Gasteiger partial charge in [-0.3, -0.25) is 0 Å². The average molecular weight is 471 g/mol. The molecule has 178 valence electrons. The van der Waals surface area contributed by atoms with Crippen LogP contribution >= 0.6 is 0 Å². The minimum atomic E-state index is -0.834. The Morgan fingerprint density at radius 1 is 1.24 bits per heavy atom. The number of anilines is 1. The molecule has 1 fully saturated rings. The Morgan fingerprint density at radius 2 is 1.97 bits per heavy atom. The fraction of sp³-hybridized carbons (Fsp3) is 0.375. The first-order chi connectivity index (χ1) is 16.3. The Labute approximate surface area is 195 Å². The Morgan fingerprint density at radius 3 is 2.62 bits per heavy atom. The summed E-state index contributed by atoms with van der Waals surface area (Å²) < 4.78 is 51.2. The van der Waals surface area contributed by atoms with Crippen LogP contribution in [-0.4, -0.2) is 53.8 Å². The molecule has 0 radical (unpaired) electrons. The quantitative estimate of drug-likeness (QED) is 0.595. The van der Waals surface area contributed by atoms with Crippen LogP contribution in [0.5, 0.6) is 0 Å². The van der Waals surface area contributed by atoms with E-state index in [1.54, 1.807) is 41.5 Å². The number of amides is 2. The summed E-state index contributed by atoms with van der Waals surface area (Å²) in [5.74, 6) is -2.09. The molecule has 2 amide bonds. The molecule has 1 atom stereocenters. The van der Waals surface area contributed by atoms with Gasteiger partial charge in [0.1, 0.15) is 0 Å². The number of nitrogens with zero attached hydrogens (tertiary/aromatic N) is 2. The van der Waals surface area contributed by atoms with E-state index in [4.69, 9.17) is 4.74 Å². The summed E-state index contributed by atoms with van der Waals surface area (Å²) in [6.07, 6.45) is 1.97. The Kier molecular flexibility index (Phi) is 7.07. The van der Waals surface area contributed by atoms with Crippen molar-refractivity contribution in [2.24, 2.45) is 0 Å². The normalized spacial score (nSPS) is 16.0. The molecule has 1 aliphatic rings. The second kappa shape index (κ2) is 10.0. The maximum atomic E-state index is 15.1. The molecule has 10 heteroatoms. The third-order valence-electron chi connectivity index (χ3n) is 5.94. The zero-order valence-corrected chi connectivity index (χ0v) is 19.0. The fourth-order valence-electron chi connectivity index (χ4n) is 4.40. The second-order valence-electron chi connectivity index (χ2n) is 8.35. The van der Waals surface area contributed by atoms with Gasteiger partial charge in [0.2, 0.25) is 0 Å². The fourth-order valence-corrected chi connectivity index (χ4v) is 4.40. The number of carbonyl (C=O) groups excluding carboxylic acids is 2. The van der Waals surface area contributed by atoms with E-state index in [1.807, 2.05) is 0 Å². The van der Waals surface area contributed by atoms with E-state index in [1.165, 1.54) is 6.92 Å². The molecule has 1 unspecified atom stereocenters. The van der Waals surface area contributed by atoms with E-state index in [2.05, 4.69) is 5.32 Å². The van der Waals surface area contributed by atoms with Gasteiger partial charge in [0, 0.05) is 0 Å². The van der Waals surface area contributed by atoms with Gasteiger partial charge in [0.25, 0.3) is 0 Å². The Hall–Kier alpha value is -3.14. The van der Waals surface area contributed by atoms with Crippen LogP contribution in [0.4, 0.5) is 18.9 Å². The molecular weight excluding hydrogens is 446 g/mol. The van der Waals surface area contributed by atoms with Gasteiger partial charge in [-0.1, -0.05) is 0 Å². The van der Waals surface area contributed by atoms with Gasteiger partial charge in [0.05, 0.1) is 0 Å². The van der Waals surface area contributed by atoms with Crippen molar-refractivity contribution >= 4 is 29.8 Å². The van der Waals surface area contributed by atoms with E-state index < -0.39 is 24.2 Å². The summed E-state index contributed by atoms with van der Waals surface area (Å²) in [5, 5.41) is 2.38. The molecule has 0 bridgehead atoms. The molecule has 0 aliphatic carbocycles. The van der Waals surface area contributed by atoms with Crippen molar-refractivity contribution in [1.29, 1.82) is 0 Å². The van der Waals surface area contributed by atoms with Crippen molar-refractivity contribution in [3.63, 3.8) is 0 Å². The number of hydrogen-bond acceptors (Lipinski definition) is 3. The van der Waals surface area contributed by atoms with Crippen molar-refractivity contribution in [3.05, 3.63) is 53.4 Å². The predicted molar refractivity (Wildman–Crippen MR) is 124 cm³/mol. The zero-order chi connectivity index (χ0) is 24.4. The number of benzene rings is 1. The summed E-state index contributed by atoms with van der Waals surface area (Å²) in [5.41, 5.74) is 1.69. The second-order valence-corrected chi connectivity index (χ2v) is 8.35. The van der Waals surface area contributed by atoms with Gasteiger partial charge in [-0.05, 0) is 0 Å². The number of hydrogen-bond donors (Lipinski definition) is 1. The molecule has 3 aromatic rings. The van der Waals surface area contributed by atoms with Crippen molar-refractivity contribution in [1.82, 2.24) is 9.30 Å². The summed E-state index contributed by atoms with van der Waals surface area (Å²) in [7, 11) is 0. The summed E-state index contributed by atoms with van der Waals surface area (Å²) in [6, 6.07) is 5.37. The Bertz CT molecular complexity index is 1220. The van der Waals surface area contributed by atoms with Crippen LogP contribution in [0.2, 0.25) is 0 Å². The predicted octanol–water partition coefficient (Wildman–Crippen LogP) is 3.83. The van der Waals surface area contributed by atoms with Crippen LogP contribution in [-0.2, 0) is 27.4 Å². The average Bonchev–Trinajstić information content (AvgIpc) is 3.14. The van der Waals surface area contributed by atoms with E-state index in [0.29, 0.717) is 48.2 Å². The number of alkyl halides is 1. The van der Waals surface area contributed by atoms with Crippen molar-refractivity contribution in [2.75, 3.05) is 25.0 Å². The van der Waals surface area contributed by atoms with E-state index in [-0.39, 0.29) is 29.7 Å². The van der Waals surface area contributed by atoms with Crippen molar-refractivity contribution in [2.45, 2.75) is 39.5 Å². The number of nitrogens with one attached hydrogen (secondary N) is 1. The molecule has 1 aliphatic heterocycles. The molecular formula is C24H25BF3N3O3. The zero-order valence-electron chi connectivity index (χ0n) is 19.0. The van der Waals surface area contributed by atoms with Crippen LogP contribution in [0.1, 0.15) is 31.5 Å². The van der Waals surface area contributed by atoms with Crippen LogP contribution in [0.25, 0.3) is 16.4 Å². The van der Waals surface area contributed by atoms with Gasteiger partial charge in [0.15, 0.2) is 0 Å². The van der Waals surface area contributed by atoms with Gasteiger partial charge < -0.3 is 0 Å². The number of fused-ring (bicyclic) bond motifs is 1. The van der Waals surface area contributed by atoms with Gasteiger partial charge >= 0.3 is 195 Å². The molecule has 34 heavy (non-hydrogen) atoms. The van der Waals surface area contributed by atoms with E-state index in [0.717, 1.165) is 12.1 Å². The van der Waals surface area contributed by atoms with Crippen LogP contribution in [0.3, 0.4) is 0 Å². The third kappa shape index (κ3) is 4.87. The third-order valence-corrected chi connectivity index (χ3v) is 5.94. The van der Waals surface area contributed by atoms with Crippen molar-refractivity contribution in [3.8, 4) is 11.0 Å². The number of ether oxygens (including phenoxy) is 1.